The molecular weight excluding hydrogens is 388 g/mol. The topological polar surface area (TPSA) is 50.8 Å². The van der Waals surface area contributed by atoms with Crippen LogP contribution in [0.15, 0.2) is 42.5 Å². The van der Waals surface area contributed by atoms with Crippen molar-refractivity contribution in [1.82, 2.24) is 10.2 Å². The normalized spacial score (nSPS) is 16.8. The lowest BCUT2D eigenvalue weighted by Crippen LogP contribution is -2.37. The number of carbonyl (C=O) groups is 1. The fourth-order valence-corrected chi connectivity index (χ4v) is 3.71. The quantitative estimate of drug-likeness (QED) is 0.693. The molecule has 0 aromatic heterocycles. The number of amides is 1. The van der Waals surface area contributed by atoms with Crippen molar-refractivity contribution >= 4 is 17.5 Å². The Labute approximate surface area is 177 Å². The van der Waals surface area contributed by atoms with Crippen LogP contribution in [0.1, 0.15) is 36.2 Å². The number of rotatable bonds is 8. The molecule has 0 spiro atoms. The van der Waals surface area contributed by atoms with Crippen LogP contribution in [-0.4, -0.2) is 43.7 Å². The first-order valence-corrected chi connectivity index (χ1v) is 10.4. The van der Waals surface area contributed by atoms with E-state index in [0.29, 0.717) is 34.6 Å². The maximum Gasteiger partial charge on any atom is 0.251 e. The number of ether oxygens (including phenoxy) is 2. The van der Waals surface area contributed by atoms with Crippen LogP contribution in [0.5, 0.6) is 11.5 Å². The van der Waals surface area contributed by atoms with Crippen molar-refractivity contribution in [2.75, 3.05) is 26.8 Å². The van der Waals surface area contributed by atoms with Crippen LogP contribution in [0.3, 0.4) is 0 Å². The molecule has 1 aliphatic heterocycles. The number of nitrogens with zero attached hydrogens (tertiary/aromatic N) is 1. The van der Waals surface area contributed by atoms with Crippen LogP contribution in [0, 0.1) is 5.92 Å². The molecule has 156 valence electrons. The van der Waals surface area contributed by atoms with Gasteiger partial charge in [0.1, 0.15) is 0 Å². The van der Waals surface area contributed by atoms with Gasteiger partial charge < -0.3 is 14.8 Å². The van der Waals surface area contributed by atoms with Crippen molar-refractivity contribution in [2.45, 2.75) is 32.9 Å². The molecule has 0 bridgehead atoms. The zero-order chi connectivity index (χ0) is 20.8. The van der Waals surface area contributed by atoms with Gasteiger partial charge in [0.05, 0.1) is 18.7 Å². The number of benzene rings is 2. The number of hydrogen-bond acceptors (Lipinski definition) is 4. The highest BCUT2D eigenvalue weighted by Gasteiger charge is 2.25. The summed E-state index contributed by atoms with van der Waals surface area (Å²) in [5.41, 5.74) is 1.76. The summed E-state index contributed by atoms with van der Waals surface area (Å²) in [5.74, 6) is 1.17. The summed E-state index contributed by atoms with van der Waals surface area (Å²) in [6.07, 6.45) is 0.930. The first-order chi connectivity index (χ1) is 14.0. The van der Waals surface area contributed by atoms with Crippen LogP contribution in [0.2, 0.25) is 5.02 Å². The van der Waals surface area contributed by atoms with E-state index in [-0.39, 0.29) is 11.9 Å². The monoisotopic (exact) mass is 416 g/mol. The Bertz CT molecular complexity index is 826. The molecule has 1 N–H and O–H groups in total. The van der Waals surface area contributed by atoms with Gasteiger partial charge in [0.2, 0.25) is 0 Å². The minimum Gasteiger partial charge on any atom is -0.493 e. The number of likely N-dealkylation sites (tertiary alicyclic amines) is 1. The molecule has 1 amide bonds. The van der Waals surface area contributed by atoms with E-state index >= 15 is 0 Å². The standard InChI is InChI=1S/C23H29ClN2O3/c1-16(2)15-29-22-20(24)11-18(12-21(22)28-3)23(27)25-19-9-10-26(14-19)13-17-7-5-4-6-8-17/h4-8,11-12,16,19H,9-10,13-15H2,1-3H3,(H,25,27). The van der Waals surface area contributed by atoms with Crippen LogP contribution >= 0.6 is 11.6 Å². The lowest BCUT2D eigenvalue weighted by atomic mass is 10.1. The van der Waals surface area contributed by atoms with Gasteiger partial charge in [-0.25, -0.2) is 0 Å². The average Bonchev–Trinajstić information content (AvgIpc) is 3.13. The summed E-state index contributed by atoms with van der Waals surface area (Å²) in [5, 5.41) is 3.51. The fourth-order valence-electron chi connectivity index (χ4n) is 3.45. The molecule has 1 unspecified atom stereocenters. The Kier molecular flexibility index (Phi) is 7.40. The van der Waals surface area contributed by atoms with Gasteiger partial charge in [-0.1, -0.05) is 55.8 Å². The summed E-state index contributed by atoms with van der Waals surface area (Å²) >= 11 is 6.38. The third-order valence-corrected chi connectivity index (χ3v) is 5.19. The van der Waals surface area contributed by atoms with E-state index < -0.39 is 0 Å². The second kappa shape index (κ2) is 9.99. The maximum atomic E-state index is 12.8. The molecule has 5 nitrogen and oxygen atoms in total. The second-order valence-corrected chi connectivity index (χ2v) is 8.28. The molecule has 0 aliphatic carbocycles. The van der Waals surface area contributed by atoms with Crippen molar-refractivity contribution in [1.29, 1.82) is 0 Å². The van der Waals surface area contributed by atoms with Gasteiger partial charge in [0.15, 0.2) is 11.5 Å². The van der Waals surface area contributed by atoms with Crippen molar-refractivity contribution in [2.24, 2.45) is 5.92 Å². The van der Waals surface area contributed by atoms with E-state index in [9.17, 15) is 4.79 Å². The van der Waals surface area contributed by atoms with Gasteiger partial charge >= 0.3 is 0 Å². The number of carbonyl (C=O) groups excluding carboxylic acids is 1. The van der Waals surface area contributed by atoms with Crippen molar-refractivity contribution in [3.8, 4) is 11.5 Å². The van der Waals surface area contributed by atoms with Gasteiger partial charge in [-0.15, -0.1) is 0 Å². The van der Waals surface area contributed by atoms with Gasteiger partial charge in [0.25, 0.3) is 5.91 Å². The van der Waals surface area contributed by atoms with Gasteiger partial charge in [-0.2, -0.15) is 0 Å². The molecule has 1 saturated heterocycles. The minimum atomic E-state index is -0.146. The minimum absolute atomic E-state index is 0.118. The molecule has 0 saturated carbocycles. The van der Waals surface area contributed by atoms with Gasteiger partial charge in [-0.05, 0) is 30.0 Å². The van der Waals surface area contributed by atoms with E-state index in [1.807, 2.05) is 6.07 Å². The molecule has 29 heavy (non-hydrogen) atoms. The van der Waals surface area contributed by atoms with E-state index in [1.54, 1.807) is 19.2 Å². The Hall–Kier alpha value is -2.24. The number of hydrogen-bond donors (Lipinski definition) is 1. The molecule has 1 heterocycles. The van der Waals surface area contributed by atoms with E-state index in [4.69, 9.17) is 21.1 Å². The molecule has 6 heteroatoms. The van der Waals surface area contributed by atoms with Crippen molar-refractivity contribution < 1.29 is 14.3 Å². The predicted octanol–water partition coefficient (Wildman–Crippen LogP) is 4.39. The number of methoxy groups -OCH3 is 1. The Balaban J connectivity index is 1.61. The predicted molar refractivity (Wildman–Crippen MR) is 116 cm³/mol. The van der Waals surface area contributed by atoms with Gasteiger partial charge in [-0.3, -0.25) is 9.69 Å². The van der Waals surface area contributed by atoms with Crippen LogP contribution in [0.25, 0.3) is 0 Å². The van der Waals surface area contributed by atoms with Crippen LogP contribution in [-0.2, 0) is 6.54 Å². The molecule has 0 radical (unpaired) electrons. The zero-order valence-electron chi connectivity index (χ0n) is 17.3. The van der Waals surface area contributed by atoms with Crippen LogP contribution in [0.4, 0.5) is 0 Å². The first kappa shape index (κ1) is 21.5. The third kappa shape index (κ3) is 5.87. The third-order valence-electron chi connectivity index (χ3n) is 4.91. The number of nitrogens with one attached hydrogen (secondary N) is 1. The summed E-state index contributed by atoms with van der Waals surface area (Å²) in [6, 6.07) is 13.8. The summed E-state index contributed by atoms with van der Waals surface area (Å²) in [7, 11) is 1.55. The Morgan fingerprint density at radius 1 is 1.28 bits per heavy atom. The lowest BCUT2D eigenvalue weighted by molar-refractivity contribution is 0.0937. The Morgan fingerprint density at radius 3 is 2.72 bits per heavy atom. The van der Waals surface area contributed by atoms with E-state index in [0.717, 1.165) is 26.1 Å². The summed E-state index contributed by atoms with van der Waals surface area (Å²) in [6.45, 7) is 7.35. The highest BCUT2D eigenvalue weighted by molar-refractivity contribution is 6.32. The number of halogens is 1. The smallest absolute Gasteiger partial charge is 0.251 e. The highest BCUT2D eigenvalue weighted by Crippen LogP contribution is 2.36. The average molecular weight is 417 g/mol. The molecular formula is C23H29ClN2O3. The molecule has 2 aromatic rings. The molecule has 2 aromatic carbocycles. The fraction of sp³-hybridized carbons (Fsp3) is 0.435. The van der Waals surface area contributed by atoms with Crippen LogP contribution < -0.4 is 14.8 Å². The van der Waals surface area contributed by atoms with E-state index in [1.165, 1.54) is 5.56 Å². The molecule has 1 fully saturated rings. The largest absolute Gasteiger partial charge is 0.493 e. The zero-order valence-corrected chi connectivity index (χ0v) is 18.0. The Morgan fingerprint density at radius 2 is 2.03 bits per heavy atom. The first-order valence-electron chi connectivity index (χ1n) is 10.0. The van der Waals surface area contributed by atoms with Gasteiger partial charge in [0, 0.05) is 31.2 Å². The summed E-state index contributed by atoms with van der Waals surface area (Å²) in [4.78, 5) is 15.1. The molecule has 1 atom stereocenters. The summed E-state index contributed by atoms with van der Waals surface area (Å²) < 4.78 is 11.2. The molecule has 1 aliphatic rings. The second-order valence-electron chi connectivity index (χ2n) is 7.87. The highest BCUT2D eigenvalue weighted by atomic mass is 35.5. The lowest BCUT2D eigenvalue weighted by Gasteiger charge is -2.18. The van der Waals surface area contributed by atoms with E-state index in [2.05, 4.69) is 48.3 Å². The van der Waals surface area contributed by atoms with Crippen molar-refractivity contribution in [3.05, 3.63) is 58.6 Å². The SMILES string of the molecule is COc1cc(C(=O)NC2CCN(Cc3ccccc3)C2)cc(Cl)c1OCC(C)C. The molecule has 3 rings (SSSR count). The maximum absolute atomic E-state index is 12.8. The van der Waals surface area contributed by atoms with Crippen molar-refractivity contribution in [3.63, 3.8) is 0 Å².